The maximum absolute atomic E-state index is 13.1. The minimum absolute atomic E-state index is 0.0777. The van der Waals surface area contributed by atoms with Crippen molar-refractivity contribution in [1.29, 1.82) is 0 Å². The first-order valence-electron chi connectivity index (χ1n) is 11.9. The van der Waals surface area contributed by atoms with Crippen molar-refractivity contribution in [2.75, 3.05) is 6.54 Å². The predicted molar refractivity (Wildman–Crippen MR) is 132 cm³/mol. The largest absolute Gasteiger partial charge is 0.481 e. The Morgan fingerprint density at radius 2 is 1.44 bits per heavy atom. The van der Waals surface area contributed by atoms with Crippen LogP contribution in [0, 0.1) is 11.8 Å². The highest BCUT2D eigenvalue weighted by molar-refractivity contribution is 5.94. The molecule has 0 aromatic carbocycles. The number of nitrogens with zero attached hydrogens (tertiary/aromatic N) is 1. The number of hydrogen-bond acceptors (Lipinski definition) is 7. The van der Waals surface area contributed by atoms with Crippen LogP contribution in [0.4, 0.5) is 0 Å². The van der Waals surface area contributed by atoms with E-state index in [2.05, 4.69) is 20.9 Å². The molecule has 0 radical (unpaired) electrons. The number of nitrogens with two attached hydrogens (primary N) is 3. The van der Waals surface area contributed by atoms with E-state index in [1.165, 1.54) is 0 Å². The third-order valence-electron chi connectivity index (χ3n) is 5.61. The Balaban J connectivity index is 5.51. The molecule has 0 rings (SSSR count). The topological polar surface area (TPSA) is 252 Å². The summed E-state index contributed by atoms with van der Waals surface area (Å²) in [7, 11) is 0. The number of aliphatic carboxylic acids is 2. The number of guanidine groups is 1. The maximum atomic E-state index is 13.1. The number of carbonyl (C=O) groups excluding carboxylic acids is 3. The fourth-order valence-electron chi connectivity index (χ4n) is 3.18. The highest BCUT2D eigenvalue weighted by Gasteiger charge is 2.33. The van der Waals surface area contributed by atoms with Crippen molar-refractivity contribution < 1.29 is 34.2 Å². The van der Waals surface area contributed by atoms with Crippen molar-refractivity contribution in [2.24, 2.45) is 34.0 Å². The lowest BCUT2D eigenvalue weighted by Gasteiger charge is -2.28. The van der Waals surface area contributed by atoms with Crippen LogP contribution in [0.3, 0.4) is 0 Å². The Labute approximate surface area is 210 Å². The van der Waals surface area contributed by atoms with Crippen molar-refractivity contribution in [3.05, 3.63) is 0 Å². The zero-order valence-electron chi connectivity index (χ0n) is 21.3. The molecule has 0 spiro atoms. The molecule has 0 heterocycles. The van der Waals surface area contributed by atoms with E-state index in [9.17, 15) is 29.1 Å². The van der Waals surface area contributed by atoms with E-state index in [0.717, 1.165) is 0 Å². The van der Waals surface area contributed by atoms with Gasteiger partial charge in [-0.1, -0.05) is 34.1 Å². The second-order valence-electron chi connectivity index (χ2n) is 8.99. The maximum Gasteiger partial charge on any atom is 0.326 e. The Hall–Kier alpha value is -3.42. The summed E-state index contributed by atoms with van der Waals surface area (Å²) in [5, 5.41) is 25.8. The van der Waals surface area contributed by atoms with Crippen LogP contribution in [0.2, 0.25) is 0 Å². The minimum atomic E-state index is -1.33. The zero-order valence-corrected chi connectivity index (χ0v) is 21.3. The highest BCUT2D eigenvalue weighted by Crippen LogP contribution is 2.11. The Bertz CT molecular complexity index is 800. The van der Waals surface area contributed by atoms with E-state index in [1.54, 1.807) is 27.7 Å². The van der Waals surface area contributed by atoms with Gasteiger partial charge in [0.2, 0.25) is 17.7 Å². The molecule has 36 heavy (non-hydrogen) atoms. The first-order chi connectivity index (χ1) is 16.7. The summed E-state index contributed by atoms with van der Waals surface area (Å²) >= 11 is 0. The third-order valence-corrected chi connectivity index (χ3v) is 5.61. The van der Waals surface area contributed by atoms with E-state index < -0.39 is 66.2 Å². The molecule has 206 valence electrons. The summed E-state index contributed by atoms with van der Waals surface area (Å²) in [6.07, 6.45) is 0.470. The summed E-state index contributed by atoms with van der Waals surface area (Å²) in [6.45, 7) is 7.01. The third kappa shape index (κ3) is 12.3. The van der Waals surface area contributed by atoms with Crippen LogP contribution in [0.25, 0.3) is 0 Å². The number of hydrogen-bond donors (Lipinski definition) is 8. The van der Waals surface area contributed by atoms with E-state index in [0.29, 0.717) is 12.8 Å². The van der Waals surface area contributed by atoms with Gasteiger partial charge in [0, 0.05) is 13.0 Å². The number of rotatable bonds is 17. The average Bonchev–Trinajstić information content (AvgIpc) is 2.79. The molecule has 5 atom stereocenters. The van der Waals surface area contributed by atoms with Gasteiger partial charge in [-0.15, -0.1) is 0 Å². The molecule has 0 aromatic heterocycles. The SMILES string of the molecule is CCC(C)C(NC(=O)C(N)CCCN=C(N)N)C(=O)NC(CCC(=O)O)C(=O)NC(C(=O)O)C(C)C. The van der Waals surface area contributed by atoms with E-state index in [1.807, 2.05) is 0 Å². The average molecular weight is 516 g/mol. The van der Waals surface area contributed by atoms with Gasteiger partial charge >= 0.3 is 11.9 Å². The first kappa shape index (κ1) is 32.6. The summed E-state index contributed by atoms with van der Waals surface area (Å²) in [4.78, 5) is 64.8. The van der Waals surface area contributed by atoms with Gasteiger partial charge in [0.05, 0.1) is 6.04 Å². The molecule has 0 bridgehead atoms. The van der Waals surface area contributed by atoms with Crippen LogP contribution in [0.5, 0.6) is 0 Å². The summed E-state index contributed by atoms with van der Waals surface area (Å²) in [5.41, 5.74) is 16.4. The van der Waals surface area contributed by atoms with Gasteiger partial charge in [0.1, 0.15) is 18.1 Å². The van der Waals surface area contributed by atoms with Crippen molar-refractivity contribution in [2.45, 2.75) is 84.0 Å². The number of carbonyl (C=O) groups is 5. The zero-order chi connectivity index (χ0) is 28.0. The fourth-order valence-corrected chi connectivity index (χ4v) is 3.18. The van der Waals surface area contributed by atoms with Crippen molar-refractivity contribution in [3.8, 4) is 0 Å². The van der Waals surface area contributed by atoms with Crippen LogP contribution < -0.4 is 33.2 Å². The van der Waals surface area contributed by atoms with Crippen LogP contribution >= 0.6 is 0 Å². The van der Waals surface area contributed by atoms with Crippen LogP contribution in [-0.2, 0) is 24.0 Å². The van der Waals surface area contributed by atoms with Gasteiger partial charge in [-0.05, 0) is 31.1 Å². The van der Waals surface area contributed by atoms with Gasteiger partial charge < -0.3 is 43.4 Å². The molecule has 14 heteroatoms. The van der Waals surface area contributed by atoms with Gasteiger partial charge in [-0.25, -0.2) is 4.79 Å². The molecule has 14 nitrogen and oxygen atoms in total. The fraction of sp³-hybridized carbons (Fsp3) is 0.727. The van der Waals surface area contributed by atoms with Crippen LogP contribution in [-0.4, -0.2) is 76.5 Å². The van der Waals surface area contributed by atoms with E-state index in [4.69, 9.17) is 22.3 Å². The number of carboxylic acid groups (broad SMARTS) is 2. The predicted octanol–water partition coefficient (Wildman–Crippen LogP) is -1.53. The van der Waals surface area contributed by atoms with Crippen LogP contribution in [0.1, 0.15) is 59.8 Å². The van der Waals surface area contributed by atoms with Crippen molar-refractivity contribution in [1.82, 2.24) is 16.0 Å². The molecule has 5 unspecified atom stereocenters. The number of carboxylic acids is 2. The van der Waals surface area contributed by atoms with Crippen molar-refractivity contribution in [3.63, 3.8) is 0 Å². The summed E-state index contributed by atoms with van der Waals surface area (Å²) < 4.78 is 0. The second kappa shape index (κ2) is 16.3. The summed E-state index contributed by atoms with van der Waals surface area (Å²) in [6, 6.07) is -4.56. The highest BCUT2D eigenvalue weighted by atomic mass is 16.4. The molecular weight excluding hydrogens is 474 g/mol. The molecule has 0 saturated carbocycles. The van der Waals surface area contributed by atoms with Gasteiger partial charge in [0.15, 0.2) is 5.96 Å². The summed E-state index contributed by atoms with van der Waals surface area (Å²) in [5.74, 6) is -5.48. The lowest BCUT2D eigenvalue weighted by Crippen LogP contribution is -2.59. The Kier molecular flexibility index (Phi) is 14.7. The first-order valence-corrected chi connectivity index (χ1v) is 11.9. The molecule has 0 aliphatic rings. The molecular formula is C22H41N7O7. The normalized spacial score (nSPS) is 15.1. The molecule has 0 saturated heterocycles. The molecule has 11 N–H and O–H groups in total. The number of aliphatic imine (C=N–C) groups is 1. The quantitative estimate of drug-likeness (QED) is 0.0630. The minimum Gasteiger partial charge on any atom is -0.481 e. The van der Waals surface area contributed by atoms with Gasteiger partial charge in [-0.2, -0.15) is 0 Å². The van der Waals surface area contributed by atoms with Gasteiger partial charge in [-0.3, -0.25) is 24.2 Å². The van der Waals surface area contributed by atoms with E-state index >= 15 is 0 Å². The molecule has 0 aliphatic heterocycles. The number of amides is 3. The second-order valence-corrected chi connectivity index (χ2v) is 8.99. The molecule has 3 amide bonds. The molecule has 0 aliphatic carbocycles. The van der Waals surface area contributed by atoms with Gasteiger partial charge in [0.25, 0.3) is 0 Å². The lowest BCUT2D eigenvalue weighted by atomic mass is 9.96. The monoisotopic (exact) mass is 515 g/mol. The standard InChI is InChI=1S/C22H41N7O7/c1-5-12(4)17(29-18(32)13(23)7-6-10-26-22(24)25)20(34)27-14(8-9-15(30)31)19(33)28-16(11(2)3)21(35)36/h11-14,16-17H,5-10,23H2,1-4H3,(H,27,34)(H,28,33)(H,29,32)(H,30,31)(H,35,36)(H4,24,25,26). The van der Waals surface area contributed by atoms with Crippen LogP contribution in [0.15, 0.2) is 4.99 Å². The Morgan fingerprint density at radius 3 is 1.92 bits per heavy atom. The molecule has 0 fully saturated rings. The smallest absolute Gasteiger partial charge is 0.326 e. The Morgan fingerprint density at radius 1 is 0.861 bits per heavy atom. The van der Waals surface area contributed by atoms with Crippen molar-refractivity contribution >= 4 is 35.6 Å². The lowest BCUT2D eigenvalue weighted by molar-refractivity contribution is -0.144. The molecule has 0 aromatic rings. The number of nitrogens with one attached hydrogen (secondary N) is 3. The van der Waals surface area contributed by atoms with E-state index in [-0.39, 0.29) is 31.3 Å².